The number of benzene rings is 1. The fourth-order valence-corrected chi connectivity index (χ4v) is 2.64. The van der Waals surface area contributed by atoms with Gasteiger partial charge in [-0.2, -0.15) is 0 Å². The predicted molar refractivity (Wildman–Crippen MR) is 75.1 cm³/mol. The van der Waals surface area contributed by atoms with Crippen LogP contribution in [0.2, 0.25) is 5.02 Å². The molecule has 2 N–H and O–H groups in total. The van der Waals surface area contributed by atoms with E-state index in [2.05, 4.69) is 11.8 Å². The molecule has 19 heavy (non-hydrogen) atoms. The van der Waals surface area contributed by atoms with E-state index in [1.54, 1.807) is 12.1 Å². The van der Waals surface area contributed by atoms with Crippen LogP contribution in [-0.4, -0.2) is 29.0 Å². The summed E-state index contributed by atoms with van der Waals surface area (Å²) in [5.41, 5.74) is 6.78. The lowest BCUT2D eigenvalue weighted by Gasteiger charge is -2.34. The molecule has 1 aliphatic rings. The molecule has 2 rings (SSSR count). The Labute approximate surface area is 117 Å². The van der Waals surface area contributed by atoms with Crippen molar-refractivity contribution in [2.45, 2.75) is 25.9 Å². The highest BCUT2D eigenvalue weighted by Crippen LogP contribution is 2.26. The van der Waals surface area contributed by atoms with Crippen LogP contribution in [0.1, 0.15) is 18.9 Å². The molecule has 1 heterocycles. The first-order valence-electron chi connectivity index (χ1n) is 6.38. The van der Waals surface area contributed by atoms with Crippen LogP contribution in [0.5, 0.6) is 0 Å². The molecule has 104 valence electrons. The lowest BCUT2D eigenvalue weighted by molar-refractivity contribution is -0.385. The van der Waals surface area contributed by atoms with Gasteiger partial charge < -0.3 is 5.73 Å². The van der Waals surface area contributed by atoms with Gasteiger partial charge in [-0.1, -0.05) is 18.5 Å². The van der Waals surface area contributed by atoms with Crippen LogP contribution >= 0.6 is 11.6 Å². The number of nitrogens with zero attached hydrogens (tertiary/aromatic N) is 2. The molecule has 1 fully saturated rings. The third kappa shape index (κ3) is 3.43. The molecule has 0 aromatic heterocycles. The van der Waals surface area contributed by atoms with Crippen LogP contribution in [0.4, 0.5) is 5.69 Å². The second kappa shape index (κ2) is 5.86. The highest BCUT2D eigenvalue weighted by Gasteiger charge is 2.25. The Bertz CT molecular complexity index is 481. The molecule has 0 amide bonds. The minimum Gasteiger partial charge on any atom is -0.327 e. The van der Waals surface area contributed by atoms with Crippen molar-refractivity contribution in [1.29, 1.82) is 0 Å². The van der Waals surface area contributed by atoms with Crippen LogP contribution in [0.15, 0.2) is 18.2 Å². The van der Waals surface area contributed by atoms with Gasteiger partial charge in [0.2, 0.25) is 0 Å². The quantitative estimate of drug-likeness (QED) is 0.683. The third-order valence-electron chi connectivity index (χ3n) is 3.69. The molecular formula is C13H18ClN3O2. The lowest BCUT2D eigenvalue weighted by atomic mass is 9.94. The van der Waals surface area contributed by atoms with Gasteiger partial charge in [-0.05, 0) is 31.0 Å². The second-order valence-electron chi connectivity index (χ2n) is 5.20. The van der Waals surface area contributed by atoms with Gasteiger partial charge in [-0.15, -0.1) is 0 Å². The van der Waals surface area contributed by atoms with Crippen molar-refractivity contribution < 1.29 is 4.92 Å². The monoisotopic (exact) mass is 283 g/mol. The molecule has 6 heteroatoms. The number of piperidine rings is 1. The van der Waals surface area contributed by atoms with Crippen LogP contribution in [0, 0.1) is 16.0 Å². The number of rotatable bonds is 3. The van der Waals surface area contributed by atoms with Crippen LogP contribution < -0.4 is 5.73 Å². The standard InChI is InChI=1S/C13H18ClN3O2/c1-9-7-16(5-4-12(9)15)8-10-2-3-11(14)6-13(10)17(18)19/h2-3,6,9,12H,4-5,7-8,15H2,1H3. The van der Waals surface area contributed by atoms with E-state index in [9.17, 15) is 10.1 Å². The van der Waals surface area contributed by atoms with Gasteiger partial charge in [0.1, 0.15) is 0 Å². The topological polar surface area (TPSA) is 72.4 Å². The summed E-state index contributed by atoms with van der Waals surface area (Å²) in [6.45, 7) is 4.45. The summed E-state index contributed by atoms with van der Waals surface area (Å²) in [5, 5.41) is 11.4. The molecule has 5 nitrogen and oxygen atoms in total. The van der Waals surface area contributed by atoms with Gasteiger partial charge in [-0.3, -0.25) is 15.0 Å². The van der Waals surface area contributed by atoms with Crippen molar-refractivity contribution in [3.63, 3.8) is 0 Å². The Kier molecular flexibility index (Phi) is 4.39. The van der Waals surface area contributed by atoms with E-state index in [1.165, 1.54) is 6.07 Å². The van der Waals surface area contributed by atoms with E-state index in [0.717, 1.165) is 19.5 Å². The minimum atomic E-state index is -0.375. The number of nitro groups is 1. The van der Waals surface area contributed by atoms with E-state index in [4.69, 9.17) is 17.3 Å². The minimum absolute atomic E-state index is 0.0926. The van der Waals surface area contributed by atoms with Gasteiger partial charge in [0.15, 0.2) is 0 Å². The van der Waals surface area contributed by atoms with Gasteiger partial charge in [0.25, 0.3) is 5.69 Å². The fourth-order valence-electron chi connectivity index (χ4n) is 2.48. The van der Waals surface area contributed by atoms with Gasteiger partial charge >= 0.3 is 0 Å². The zero-order valence-electron chi connectivity index (χ0n) is 10.9. The van der Waals surface area contributed by atoms with E-state index in [-0.39, 0.29) is 16.7 Å². The first kappa shape index (κ1) is 14.2. The van der Waals surface area contributed by atoms with Gasteiger partial charge in [0.05, 0.1) is 4.92 Å². The number of nitrogens with two attached hydrogens (primary N) is 1. The molecule has 0 bridgehead atoms. The number of nitro benzene ring substituents is 1. The molecule has 1 aromatic carbocycles. The highest BCUT2D eigenvalue weighted by molar-refractivity contribution is 6.30. The van der Waals surface area contributed by atoms with E-state index in [0.29, 0.717) is 23.0 Å². The Hall–Kier alpha value is -1.17. The number of likely N-dealkylation sites (tertiary alicyclic amines) is 1. The summed E-state index contributed by atoms with van der Waals surface area (Å²) in [5.74, 6) is 0.417. The SMILES string of the molecule is CC1CN(Cc2ccc(Cl)cc2[N+](=O)[O-])CCC1N. The van der Waals surface area contributed by atoms with Crippen molar-refractivity contribution >= 4 is 17.3 Å². The van der Waals surface area contributed by atoms with Crippen molar-refractivity contribution in [1.82, 2.24) is 4.90 Å². The summed E-state index contributed by atoms with van der Waals surface area (Å²) < 4.78 is 0. The Morgan fingerprint density at radius 1 is 1.58 bits per heavy atom. The summed E-state index contributed by atoms with van der Waals surface area (Å²) in [6, 6.07) is 5.08. The second-order valence-corrected chi connectivity index (χ2v) is 5.63. The van der Waals surface area contributed by atoms with Crippen molar-refractivity contribution in [3.8, 4) is 0 Å². The molecule has 0 aliphatic carbocycles. The molecule has 0 spiro atoms. The maximum atomic E-state index is 11.0. The molecule has 2 unspecified atom stereocenters. The molecule has 1 aromatic rings. The summed E-state index contributed by atoms with van der Waals surface area (Å²) in [6.07, 6.45) is 0.933. The molecular weight excluding hydrogens is 266 g/mol. The number of halogens is 1. The van der Waals surface area contributed by atoms with Crippen molar-refractivity contribution in [2.75, 3.05) is 13.1 Å². The van der Waals surface area contributed by atoms with Gasteiger partial charge in [0, 0.05) is 35.8 Å². The molecule has 1 saturated heterocycles. The average Bonchev–Trinajstić information content (AvgIpc) is 2.36. The van der Waals surface area contributed by atoms with Crippen LogP contribution in [-0.2, 0) is 6.54 Å². The highest BCUT2D eigenvalue weighted by atomic mass is 35.5. The van der Waals surface area contributed by atoms with Crippen molar-refractivity contribution in [3.05, 3.63) is 38.9 Å². The number of hydrogen-bond acceptors (Lipinski definition) is 4. The predicted octanol–water partition coefficient (Wildman–Crippen LogP) is 2.42. The van der Waals surface area contributed by atoms with Gasteiger partial charge in [-0.25, -0.2) is 0 Å². The smallest absolute Gasteiger partial charge is 0.275 e. The summed E-state index contributed by atoms with van der Waals surface area (Å²) in [4.78, 5) is 12.9. The third-order valence-corrected chi connectivity index (χ3v) is 3.93. The zero-order valence-corrected chi connectivity index (χ0v) is 11.6. The number of hydrogen-bond donors (Lipinski definition) is 1. The Morgan fingerprint density at radius 2 is 2.32 bits per heavy atom. The maximum Gasteiger partial charge on any atom is 0.275 e. The van der Waals surface area contributed by atoms with E-state index in [1.807, 2.05) is 0 Å². The molecule has 0 radical (unpaired) electrons. The van der Waals surface area contributed by atoms with E-state index >= 15 is 0 Å². The molecule has 1 aliphatic heterocycles. The first-order chi connectivity index (χ1) is 8.97. The Balaban J connectivity index is 2.13. The molecule has 0 saturated carbocycles. The maximum absolute atomic E-state index is 11.0. The van der Waals surface area contributed by atoms with Crippen LogP contribution in [0.25, 0.3) is 0 Å². The average molecular weight is 284 g/mol. The van der Waals surface area contributed by atoms with Crippen LogP contribution in [0.3, 0.4) is 0 Å². The first-order valence-corrected chi connectivity index (χ1v) is 6.76. The van der Waals surface area contributed by atoms with E-state index < -0.39 is 0 Å². The largest absolute Gasteiger partial charge is 0.327 e. The normalized spacial score (nSPS) is 24.4. The summed E-state index contributed by atoms with van der Waals surface area (Å²) in [7, 11) is 0. The fraction of sp³-hybridized carbons (Fsp3) is 0.538. The lowest BCUT2D eigenvalue weighted by Crippen LogP contribution is -2.45. The zero-order chi connectivity index (χ0) is 14.0. The Morgan fingerprint density at radius 3 is 2.95 bits per heavy atom. The molecule has 2 atom stereocenters. The summed E-state index contributed by atoms with van der Waals surface area (Å²) >= 11 is 5.81. The van der Waals surface area contributed by atoms with Crippen molar-refractivity contribution in [2.24, 2.45) is 11.7 Å².